The van der Waals surface area contributed by atoms with Crippen LogP contribution < -0.4 is 5.32 Å². The van der Waals surface area contributed by atoms with Crippen molar-refractivity contribution >= 4 is 40.0 Å². The Labute approximate surface area is 167 Å². The average molecular weight is 417 g/mol. The predicted octanol–water partition coefficient (Wildman–Crippen LogP) is 0.386. The van der Waals surface area contributed by atoms with Crippen LogP contribution in [-0.4, -0.2) is 64.2 Å². The van der Waals surface area contributed by atoms with Gasteiger partial charge in [0.2, 0.25) is 11.1 Å². The van der Waals surface area contributed by atoms with E-state index in [1.165, 1.54) is 46.4 Å². The van der Waals surface area contributed by atoms with Crippen LogP contribution in [0.4, 0.5) is 5.13 Å². The molecule has 0 atom stereocenters. The Morgan fingerprint density at radius 3 is 3.00 bits per heavy atom. The summed E-state index contributed by atoms with van der Waals surface area (Å²) in [7, 11) is 1.73. The molecule has 0 aromatic carbocycles. The van der Waals surface area contributed by atoms with Crippen molar-refractivity contribution in [2.45, 2.75) is 18.1 Å². The van der Waals surface area contributed by atoms with Gasteiger partial charge in [-0.2, -0.15) is 0 Å². The third-order valence-corrected chi connectivity index (χ3v) is 6.00. The maximum atomic E-state index is 12.5. The van der Waals surface area contributed by atoms with Gasteiger partial charge >= 0.3 is 0 Å². The Bertz CT molecular complexity index is 1000. The molecule has 1 N–H and O–H groups in total. The molecule has 0 fully saturated rings. The largest absolute Gasteiger partial charge is 0.336 e. The molecule has 0 radical (unpaired) electrons. The van der Waals surface area contributed by atoms with Crippen molar-refractivity contribution < 1.29 is 9.59 Å². The number of rotatable bonds is 5. The highest BCUT2D eigenvalue weighted by molar-refractivity contribution is 7.99. The predicted molar refractivity (Wildman–Crippen MR) is 101 cm³/mol. The summed E-state index contributed by atoms with van der Waals surface area (Å²) in [5.74, 6) is -0.0865. The van der Waals surface area contributed by atoms with Gasteiger partial charge in [0.05, 0.1) is 24.2 Å². The molecule has 4 rings (SSSR count). The Hall–Kier alpha value is -2.93. The smallest absolute Gasteiger partial charge is 0.277 e. The lowest BCUT2D eigenvalue weighted by atomic mass is 10.2. The molecule has 0 saturated carbocycles. The van der Waals surface area contributed by atoms with E-state index in [1.807, 2.05) is 0 Å². The second-order valence-corrected chi connectivity index (χ2v) is 7.90. The summed E-state index contributed by atoms with van der Waals surface area (Å²) in [6.45, 7) is 1.06. The number of amides is 2. The SMILES string of the molecule is Cn1nnnc1SCC(=O)N1CCc2nc(NC(=O)c3cnccn3)sc2C1. The first-order chi connectivity index (χ1) is 13.6. The van der Waals surface area contributed by atoms with Crippen molar-refractivity contribution in [3.8, 4) is 0 Å². The number of carbonyl (C=O) groups excluding carboxylic acids is 2. The number of hydrogen-bond donors (Lipinski definition) is 1. The number of aryl methyl sites for hydroxylation is 1. The van der Waals surface area contributed by atoms with Crippen LogP contribution in [0.5, 0.6) is 0 Å². The number of nitrogens with zero attached hydrogens (tertiary/aromatic N) is 8. The molecule has 0 saturated heterocycles. The summed E-state index contributed by atoms with van der Waals surface area (Å²) in [6.07, 6.45) is 5.01. The monoisotopic (exact) mass is 417 g/mol. The van der Waals surface area contributed by atoms with Gasteiger partial charge in [0, 0.05) is 37.3 Å². The van der Waals surface area contributed by atoms with Gasteiger partial charge in [0.15, 0.2) is 5.13 Å². The molecular formula is C15H15N9O2S2. The fraction of sp³-hybridized carbons (Fsp3) is 0.333. The minimum Gasteiger partial charge on any atom is -0.336 e. The summed E-state index contributed by atoms with van der Waals surface area (Å²) in [5, 5.41) is 15.0. The van der Waals surface area contributed by atoms with Gasteiger partial charge in [-0.1, -0.05) is 23.1 Å². The van der Waals surface area contributed by atoms with Gasteiger partial charge in [-0.05, 0) is 10.4 Å². The Balaban J connectivity index is 1.37. The van der Waals surface area contributed by atoms with Crippen LogP contribution in [0.1, 0.15) is 21.1 Å². The van der Waals surface area contributed by atoms with Crippen LogP contribution in [0.3, 0.4) is 0 Å². The number of carbonyl (C=O) groups is 2. The van der Waals surface area contributed by atoms with Gasteiger partial charge in [-0.15, -0.1) is 5.10 Å². The first kappa shape index (κ1) is 18.4. The van der Waals surface area contributed by atoms with Crippen LogP contribution in [0.15, 0.2) is 23.7 Å². The molecule has 1 aliphatic heterocycles. The van der Waals surface area contributed by atoms with Crippen LogP contribution in [0.25, 0.3) is 0 Å². The van der Waals surface area contributed by atoms with Crippen LogP contribution >= 0.6 is 23.1 Å². The van der Waals surface area contributed by atoms with Gasteiger partial charge in [0.25, 0.3) is 5.91 Å². The quantitative estimate of drug-likeness (QED) is 0.585. The van der Waals surface area contributed by atoms with E-state index < -0.39 is 0 Å². The molecule has 3 aromatic heterocycles. The minimum absolute atomic E-state index is 0.0113. The lowest BCUT2D eigenvalue weighted by Crippen LogP contribution is -2.36. The average Bonchev–Trinajstić information content (AvgIpc) is 3.31. The topological polar surface area (TPSA) is 132 Å². The van der Waals surface area contributed by atoms with Crippen molar-refractivity contribution in [1.29, 1.82) is 0 Å². The lowest BCUT2D eigenvalue weighted by molar-refractivity contribution is -0.129. The number of tetrazole rings is 1. The first-order valence-corrected chi connectivity index (χ1v) is 10.1. The molecule has 2 amide bonds. The summed E-state index contributed by atoms with van der Waals surface area (Å²) in [4.78, 5) is 39.8. The van der Waals surface area contributed by atoms with E-state index in [4.69, 9.17) is 0 Å². The highest BCUT2D eigenvalue weighted by Gasteiger charge is 2.25. The minimum atomic E-state index is -0.360. The normalized spacial score (nSPS) is 13.2. The fourth-order valence-electron chi connectivity index (χ4n) is 2.60. The number of anilines is 1. The summed E-state index contributed by atoms with van der Waals surface area (Å²) < 4.78 is 1.53. The zero-order valence-electron chi connectivity index (χ0n) is 14.8. The van der Waals surface area contributed by atoms with E-state index in [1.54, 1.807) is 11.9 Å². The van der Waals surface area contributed by atoms with E-state index in [0.717, 1.165) is 10.6 Å². The molecule has 0 unspecified atom stereocenters. The maximum absolute atomic E-state index is 12.5. The number of nitrogens with one attached hydrogen (secondary N) is 1. The Kier molecular flexibility index (Phi) is 5.25. The first-order valence-electron chi connectivity index (χ1n) is 8.29. The number of aromatic nitrogens is 7. The molecule has 144 valence electrons. The lowest BCUT2D eigenvalue weighted by Gasteiger charge is -2.25. The van der Waals surface area contributed by atoms with E-state index in [2.05, 4.69) is 35.8 Å². The van der Waals surface area contributed by atoms with Crippen molar-refractivity contribution in [2.24, 2.45) is 7.05 Å². The number of thioether (sulfide) groups is 1. The second kappa shape index (κ2) is 7.98. The van der Waals surface area contributed by atoms with E-state index in [9.17, 15) is 9.59 Å². The summed E-state index contributed by atoms with van der Waals surface area (Å²) in [6, 6.07) is 0. The van der Waals surface area contributed by atoms with Crippen LogP contribution in [-0.2, 0) is 24.8 Å². The number of fused-ring (bicyclic) bond motifs is 1. The van der Waals surface area contributed by atoms with Gasteiger partial charge in [-0.3, -0.25) is 19.9 Å². The molecule has 28 heavy (non-hydrogen) atoms. The van der Waals surface area contributed by atoms with E-state index >= 15 is 0 Å². The molecule has 13 heteroatoms. The Morgan fingerprint density at radius 1 is 1.36 bits per heavy atom. The van der Waals surface area contributed by atoms with Crippen LogP contribution in [0.2, 0.25) is 0 Å². The molecule has 0 spiro atoms. The van der Waals surface area contributed by atoms with Crippen molar-refractivity contribution in [2.75, 3.05) is 17.6 Å². The van der Waals surface area contributed by atoms with Gasteiger partial charge in [0.1, 0.15) is 5.69 Å². The number of hydrogen-bond acceptors (Lipinski definition) is 10. The number of thiazole rings is 1. The van der Waals surface area contributed by atoms with E-state index in [-0.39, 0.29) is 23.3 Å². The molecule has 3 aromatic rings. The summed E-state index contributed by atoms with van der Waals surface area (Å²) >= 11 is 2.67. The molecule has 11 nitrogen and oxygen atoms in total. The van der Waals surface area contributed by atoms with Crippen molar-refractivity contribution in [3.05, 3.63) is 34.9 Å². The van der Waals surface area contributed by atoms with Crippen molar-refractivity contribution in [1.82, 2.24) is 40.1 Å². The van der Waals surface area contributed by atoms with E-state index in [0.29, 0.717) is 29.8 Å². The maximum Gasteiger partial charge on any atom is 0.277 e. The van der Waals surface area contributed by atoms with Crippen LogP contribution in [0, 0.1) is 0 Å². The standard InChI is InChI=1S/C15H15N9O2S2/c1-23-15(20-21-22-23)27-8-12(25)24-5-2-9-11(7-24)28-14(18-9)19-13(26)10-6-16-3-4-17-10/h3-4,6H,2,5,7-8H2,1H3,(H,18,19,26). The van der Waals surface area contributed by atoms with Gasteiger partial charge in [-0.25, -0.2) is 14.6 Å². The second-order valence-electron chi connectivity index (χ2n) is 5.87. The van der Waals surface area contributed by atoms with Gasteiger partial charge < -0.3 is 4.90 Å². The molecular weight excluding hydrogens is 402 g/mol. The highest BCUT2D eigenvalue weighted by Crippen LogP contribution is 2.29. The zero-order chi connectivity index (χ0) is 19.5. The zero-order valence-corrected chi connectivity index (χ0v) is 16.4. The third-order valence-electron chi connectivity index (χ3n) is 4.01. The molecule has 1 aliphatic rings. The summed E-state index contributed by atoms with van der Waals surface area (Å²) in [5.41, 5.74) is 1.14. The molecule has 0 aliphatic carbocycles. The fourth-order valence-corrected chi connectivity index (χ4v) is 4.37. The Morgan fingerprint density at radius 2 is 2.25 bits per heavy atom. The molecule has 0 bridgehead atoms. The highest BCUT2D eigenvalue weighted by atomic mass is 32.2. The molecule has 4 heterocycles. The third kappa shape index (κ3) is 3.99. The van der Waals surface area contributed by atoms with Crippen molar-refractivity contribution in [3.63, 3.8) is 0 Å².